The van der Waals surface area contributed by atoms with E-state index in [0.29, 0.717) is 0 Å². The molecule has 1 amide bonds. The van der Waals surface area contributed by atoms with Crippen molar-refractivity contribution >= 4 is 21.8 Å². The summed E-state index contributed by atoms with van der Waals surface area (Å²) in [5.41, 5.74) is 0.540. The normalized spacial score (nSPS) is 11.9. The van der Waals surface area contributed by atoms with Crippen LogP contribution in [-0.4, -0.2) is 11.0 Å². The molecule has 0 spiro atoms. The van der Waals surface area contributed by atoms with Crippen LogP contribution in [0.4, 0.5) is 4.39 Å². The Balaban J connectivity index is 2.20. The SMILES string of the molecule is CC(NC(=O)c1c(O)cccc1F)c1cccc(Br)c1. The minimum Gasteiger partial charge on any atom is -0.507 e. The lowest BCUT2D eigenvalue weighted by molar-refractivity contribution is 0.0933. The summed E-state index contributed by atoms with van der Waals surface area (Å²) in [6.45, 7) is 1.79. The summed E-state index contributed by atoms with van der Waals surface area (Å²) in [6.07, 6.45) is 0. The number of phenols is 1. The molecule has 2 N–H and O–H groups in total. The fourth-order valence-electron chi connectivity index (χ4n) is 1.87. The Morgan fingerprint density at radius 2 is 2.00 bits per heavy atom. The monoisotopic (exact) mass is 337 g/mol. The number of hydrogen-bond acceptors (Lipinski definition) is 2. The van der Waals surface area contributed by atoms with Crippen molar-refractivity contribution in [3.63, 3.8) is 0 Å². The third-order valence-electron chi connectivity index (χ3n) is 2.91. The molecule has 0 radical (unpaired) electrons. The molecule has 0 saturated heterocycles. The highest BCUT2D eigenvalue weighted by molar-refractivity contribution is 9.10. The predicted molar refractivity (Wildman–Crippen MR) is 78.1 cm³/mol. The summed E-state index contributed by atoms with van der Waals surface area (Å²) in [7, 11) is 0. The van der Waals surface area contributed by atoms with Crippen LogP contribution in [0.5, 0.6) is 5.75 Å². The zero-order valence-corrected chi connectivity index (χ0v) is 12.3. The van der Waals surface area contributed by atoms with Crippen molar-refractivity contribution < 1.29 is 14.3 Å². The van der Waals surface area contributed by atoms with Gasteiger partial charge in [-0.15, -0.1) is 0 Å². The number of benzene rings is 2. The van der Waals surface area contributed by atoms with Gasteiger partial charge in [-0.3, -0.25) is 4.79 Å². The van der Waals surface area contributed by atoms with E-state index in [2.05, 4.69) is 21.2 Å². The van der Waals surface area contributed by atoms with Crippen LogP contribution in [-0.2, 0) is 0 Å². The Labute approximate surface area is 124 Å². The Bertz CT molecular complexity index is 625. The summed E-state index contributed by atoms with van der Waals surface area (Å²) >= 11 is 3.35. The van der Waals surface area contributed by atoms with E-state index in [0.717, 1.165) is 16.1 Å². The highest BCUT2D eigenvalue weighted by Crippen LogP contribution is 2.22. The number of rotatable bonds is 3. The molecule has 2 aromatic carbocycles. The fraction of sp³-hybridized carbons (Fsp3) is 0.133. The van der Waals surface area contributed by atoms with Crippen molar-refractivity contribution in [3.8, 4) is 5.75 Å². The van der Waals surface area contributed by atoms with Gasteiger partial charge in [0, 0.05) is 4.47 Å². The van der Waals surface area contributed by atoms with Crippen molar-refractivity contribution in [1.82, 2.24) is 5.32 Å². The lowest BCUT2D eigenvalue weighted by Crippen LogP contribution is -2.27. The number of phenolic OH excluding ortho intramolecular Hbond substituents is 1. The van der Waals surface area contributed by atoms with Gasteiger partial charge in [-0.25, -0.2) is 4.39 Å². The summed E-state index contributed by atoms with van der Waals surface area (Å²) in [6, 6.07) is 10.9. The molecule has 3 nitrogen and oxygen atoms in total. The number of carbonyl (C=O) groups is 1. The number of nitrogens with one attached hydrogen (secondary N) is 1. The first-order chi connectivity index (χ1) is 9.49. The molecular formula is C15H13BrFNO2. The van der Waals surface area contributed by atoms with Gasteiger partial charge in [0.15, 0.2) is 0 Å². The van der Waals surface area contributed by atoms with E-state index in [4.69, 9.17) is 0 Å². The maximum absolute atomic E-state index is 13.6. The average Bonchev–Trinajstić information content (AvgIpc) is 2.38. The van der Waals surface area contributed by atoms with E-state index < -0.39 is 11.7 Å². The molecule has 104 valence electrons. The zero-order chi connectivity index (χ0) is 14.7. The number of halogens is 2. The lowest BCUT2D eigenvalue weighted by Gasteiger charge is -2.15. The standard InChI is InChI=1S/C15H13BrFNO2/c1-9(10-4-2-5-11(16)8-10)18-15(20)14-12(17)6-3-7-13(14)19/h2-9,19H,1H3,(H,18,20). The molecule has 0 aliphatic carbocycles. The minimum atomic E-state index is -0.746. The molecule has 0 fully saturated rings. The van der Waals surface area contributed by atoms with Gasteiger partial charge in [0.2, 0.25) is 0 Å². The van der Waals surface area contributed by atoms with Crippen LogP contribution < -0.4 is 5.32 Å². The van der Waals surface area contributed by atoms with E-state index in [-0.39, 0.29) is 17.4 Å². The number of carbonyl (C=O) groups excluding carboxylic acids is 1. The first-order valence-electron chi connectivity index (χ1n) is 6.03. The molecule has 2 rings (SSSR count). The number of amides is 1. The quantitative estimate of drug-likeness (QED) is 0.895. The van der Waals surface area contributed by atoms with Crippen LogP contribution in [0.1, 0.15) is 28.9 Å². The van der Waals surface area contributed by atoms with E-state index in [9.17, 15) is 14.3 Å². The largest absolute Gasteiger partial charge is 0.507 e. The van der Waals surface area contributed by atoms with Crippen LogP contribution in [0.2, 0.25) is 0 Å². The van der Waals surface area contributed by atoms with E-state index in [1.807, 2.05) is 24.3 Å². The van der Waals surface area contributed by atoms with Crippen LogP contribution >= 0.6 is 15.9 Å². The van der Waals surface area contributed by atoms with Crippen molar-refractivity contribution in [2.45, 2.75) is 13.0 Å². The molecule has 20 heavy (non-hydrogen) atoms. The third kappa shape index (κ3) is 3.17. The summed E-state index contributed by atoms with van der Waals surface area (Å²) in [5, 5.41) is 12.2. The first-order valence-corrected chi connectivity index (χ1v) is 6.82. The fourth-order valence-corrected chi connectivity index (χ4v) is 2.28. The molecule has 1 unspecified atom stereocenters. The molecule has 1 atom stereocenters. The highest BCUT2D eigenvalue weighted by Gasteiger charge is 2.18. The van der Waals surface area contributed by atoms with Gasteiger partial charge in [-0.2, -0.15) is 0 Å². The Kier molecular flexibility index (Phi) is 4.39. The van der Waals surface area contributed by atoms with Crippen molar-refractivity contribution in [1.29, 1.82) is 0 Å². The van der Waals surface area contributed by atoms with Crippen molar-refractivity contribution in [2.24, 2.45) is 0 Å². The predicted octanol–water partition coefficient (Wildman–Crippen LogP) is 3.78. The van der Waals surface area contributed by atoms with Crippen LogP contribution in [0.3, 0.4) is 0 Å². The van der Waals surface area contributed by atoms with Gasteiger partial charge >= 0.3 is 0 Å². The van der Waals surface area contributed by atoms with Crippen LogP contribution in [0.15, 0.2) is 46.9 Å². The van der Waals surface area contributed by atoms with Gasteiger partial charge in [-0.05, 0) is 36.8 Å². The molecular weight excluding hydrogens is 325 g/mol. The lowest BCUT2D eigenvalue weighted by atomic mass is 10.1. The Hall–Kier alpha value is -1.88. The molecule has 0 heterocycles. The zero-order valence-electron chi connectivity index (χ0n) is 10.7. The van der Waals surface area contributed by atoms with Crippen molar-refractivity contribution in [2.75, 3.05) is 0 Å². The molecule has 0 aliphatic rings. The molecule has 0 bridgehead atoms. The Morgan fingerprint density at radius 1 is 1.30 bits per heavy atom. The smallest absolute Gasteiger partial charge is 0.258 e. The number of aromatic hydroxyl groups is 1. The van der Waals surface area contributed by atoms with Gasteiger partial charge in [0.1, 0.15) is 17.1 Å². The van der Waals surface area contributed by atoms with Crippen LogP contribution in [0.25, 0.3) is 0 Å². The maximum Gasteiger partial charge on any atom is 0.258 e. The molecule has 0 aromatic heterocycles. The Morgan fingerprint density at radius 3 is 2.65 bits per heavy atom. The summed E-state index contributed by atoms with van der Waals surface area (Å²) in [4.78, 5) is 12.0. The highest BCUT2D eigenvalue weighted by atomic mass is 79.9. The average molecular weight is 338 g/mol. The van der Waals surface area contributed by atoms with Gasteiger partial charge in [-0.1, -0.05) is 34.1 Å². The van der Waals surface area contributed by atoms with Crippen LogP contribution in [0, 0.1) is 5.82 Å². The van der Waals surface area contributed by atoms with E-state index >= 15 is 0 Å². The molecule has 5 heteroatoms. The van der Waals surface area contributed by atoms with Gasteiger partial charge in [0.05, 0.1) is 6.04 Å². The van der Waals surface area contributed by atoms with Gasteiger partial charge < -0.3 is 10.4 Å². The first kappa shape index (κ1) is 14.5. The van der Waals surface area contributed by atoms with Crippen molar-refractivity contribution in [3.05, 3.63) is 63.9 Å². The molecule has 2 aromatic rings. The summed E-state index contributed by atoms with van der Waals surface area (Å²) < 4.78 is 14.5. The second-order valence-corrected chi connectivity index (χ2v) is 5.30. The summed E-state index contributed by atoms with van der Waals surface area (Å²) in [5.74, 6) is -1.76. The minimum absolute atomic E-state index is 0.306. The second kappa shape index (κ2) is 6.05. The number of hydrogen-bond donors (Lipinski definition) is 2. The third-order valence-corrected chi connectivity index (χ3v) is 3.41. The van der Waals surface area contributed by atoms with Gasteiger partial charge in [0.25, 0.3) is 5.91 Å². The molecule has 0 aliphatic heterocycles. The topological polar surface area (TPSA) is 49.3 Å². The molecule has 0 saturated carbocycles. The van der Waals surface area contributed by atoms with E-state index in [1.165, 1.54) is 12.1 Å². The second-order valence-electron chi connectivity index (χ2n) is 4.38. The maximum atomic E-state index is 13.6. The van der Waals surface area contributed by atoms with E-state index in [1.54, 1.807) is 6.92 Å².